The van der Waals surface area contributed by atoms with Crippen molar-refractivity contribution in [2.45, 2.75) is 24.9 Å². The summed E-state index contributed by atoms with van der Waals surface area (Å²) in [4.78, 5) is 48.3. The molecule has 0 saturated carbocycles. The Balaban J connectivity index is 1.38. The number of carboxylic acids is 1. The number of amides is 2. The second kappa shape index (κ2) is 9.64. The molecule has 2 aliphatic rings. The number of rotatable bonds is 7. The van der Waals surface area contributed by atoms with Crippen molar-refractivity contribution in [2.75, 3.05) is 18.6 Å². The molecule has 2 aliphatic heterocycles. The lowest BCUT2D eigenvalue weighted by molar-refractivity contribution is -0.664. The number of thioether (sulfide) groups is 1. The Morgan fingerprint density at radius 1 is 1.43 bits per heavy atom. The molecule has 0 aliphatic carbocycles. The Morgan fingerprint density at radius 3 is 2.89 bits per heavy atom. The predicted octanol–water partition coefficient (Wildman–Crippen LogP) is 0.412. The molecule has 13 nitrogen and oxygen atoms in total. The standard InChI is InChI=1S/C21H19ClN8O5S2/c1-9-4-3-5-11-28(8-24-30(9)11)6-10-7-36-19-14(18(32)29(19)15(10)20(33)34)25-17(31)13(27-35-2)12-16(22)37-21(23)26-12/h3-5,8,14,19H,6-7H2,1-2H3,(H3-,23,25,26,31,33,34)/p+1/t14-,19+/m1/s1. The van der Waals surface area contributed by atoms with E-state index in [9.17, 15) is 19.5 Å². The van der Waals surface area contributed by atoms with Gasteiger partial charge >= 0.3 is 5.97 Å². The number of fused-ring (bicyclic) bond motifs is 2. The monoisotopic (exact) mass is 563 g/mol. The van der Waals surface area contributed by atoms with Gasteiger partial charge in [-0.05, 0) is 13.0 Å². The molecule has 3 aromatic heterocycles. The number of nitrogens with zero attached hydrogens (tertiary/aromatic N) is 6. The maximum absolute atomic E-state index is 13.1. The van der Waals surface area contributed by atoms with E-state index in [1.165, 1.54) is 23.8 Å². The van der Waals surface area contributed by atoms with Gasteiger partial charge in [0.1, 0.15) is 39.9 Å². The zero-order chi connectivity index (χ0) is 26.4. The quantitative estimate of drug-likeness (QED) is 0.159. The smallest absolute Gasteiger partial charge is 0.352 e. The maximum Gasteiger partial charge on any atom is 0.352 e. The van der Waals surface area contributed by atoms with E-state index in [4.69, 9.17) is 22.2 Å². The molecule has 0 radical (unpaired) electrons. The van der Waals surface area contributed by atoms with E-state index in [0.29, 0.717) is 11.3 Å². The topological polar surface area (TPSA) is 168 Å². The van der Waals surface area contributed by atoms with Gasteiger partial charge < -0.3 is 21.0 Å². The number of pyridine rings is 1. The number of aliphatic carboxylic acids is 1. The Bertz CT molecular complexity index is 1520. The lowest BCUT2D eigenvalue weighted by atomic mass is 10.0. The zero-order valence-electron chi connectivity index (χ0n) is 19.4. The van der Waals surface area contributed by atoms with Crippen LogP contribution in [0.1, 0.15) is 11.4 Å². The highest BCUT2D eigenvalue weighted by molar-refractivity contribution is 8.00. The van der Waals surface area contributed by atoms with Crippen LogP contribution >= 0.6 is 34.7 Å². The summed E-state index contributed by atoms with van der Waals surface area (Å²) >= 11 is 8.43. The Morgan fingerprint density at radius 2 is 2.22 bits per heavy atom. The van der Waals surface area contributed by atoms with Crippen LogP contribution in [0, 0.1) is 6.92 Å². The first-order valence-electron chi connectivity index (χ1n) is 10.8. The minimum atomic E-state index is -1.22. The third-order valence-electron chi connectivity index (χ3n) is 5.86. The van der Waals surface area contributed by atoms with E-state index >= 15 is 0 Å². The van der Waals surface area contributed by atoms with Crippen molar-refractivity contribution in [2.24, 2.45) is 5.16 Å². The van der Waals surface area contributed by atoms with Gasteiger partial charge in [0.15, 0.2) is 10.8 Å². The van der Waals surface area contributed by atoms with Gasteiger partial charge in [0, 0.05) is 22.5 Å². The Hall–Kier alpha value is -3.69. The molecule has 5 rings (SSSR count). The number of carbonyl (C=O) groups excluding carboxylic acids is 2. The minimum absolute atomic E-state index is 0.0255. The van der Waals surface area contributed by atoms with Crippen LogP contribution < -0.4 is 15.6 Å². The molecule has 5 heterocycles. The summed E-state index contributed by atoms with van der Waals surface area (Å²) in [7, 11) is 1.25. The van der Waals surface area contributed by atoms with Crippen LogP contribution in [0.4, 0.5) is 5.13 Å². The average molecular weight is 564 g/mol. The molecular formula is C21H20ClN8O5S2+. The molecule has 192 valence electrons. The summed E-state index contributed by atoms with van der Waals surface area (Å²) in [5, 5.41) is 20.2. The summed E-state index contributed by atoms with van der Waals surface area (Å²) in [5.41, 5.74) is 7.62. The van der Waals surface area contributed by atoms with Crippen molar-refractivity contribution in [3.05, 3.63) is 51.5 Å². The zero-order valence-corrected chi connectivity index (χ0v) is 21.8. The largest absolute Gasteiger partial charge is 0.477 e. The normalized spacial score (nSPS) is 19.6. The molecule has 3 aromatic rings. The molecule has 16 heteroatoms. The van der Waals surface area contributed by atoms with Crippen molar-refractivity contribution in [3.8, 4) is 0 Å². The Labute approximate surface area is 222 Å². The van der Waals surface area contributed by atoms with Crippen molar-refractivity contribution < 1.29 is 28.9 Å². The number of β-lactam (4-membered cyclic amide) rings is 1. The van der Waals surface area contributed by atoms with Gasteiger partial charge in [-0.25, -0.2) is 14.3 Å². The summed E-state index contributed by atoms with van der Waals surface area (Å²) < 4.78 is 3.71. The number of anilines is 1. The van der Waals surface area contributed by atoms with Crippen molar-refractivity contribution in [3.63, 3.8) is 0 Å². The molecule has 0 aromatic carbocycles. The fourth-order valence-electron chi connectivity index (χ4n) is 4.22. The summed E-state index contributed by atoms with van der Waals surface area (Å²) in [6.45, 7) is 2.16. The van der Waals surface area contributed by atoms with Crippen molar-refractivity contribution in [1.82, 2.24) is 24.8 Å². The van der Waals surface area contributed by atoms with Crippen LogP contribution in [-0.4, -0.2) is 72.4 Å². The van der Waals surface area contributed by atoms with Crippen LogP contribution in [0.5, 0.6) is 0 Å². The maximum atomic E-state index is 13.1. The van der Waals surface area contributed by atoms with Gasteiger partial charge in [-0.2, -0.15) is 0 Å². The Kier molecular flexibility index (Phi) is 6.51. The predicted molar refractivity (Wildman–Crippen MR) is 135 cm³/mol. The number of hydrogen-bond donors (Lipinski definition) is 3. The van der Waals surface area contributed by atoms with Gasteiger partial charge in [-0.3, -0.25) is 14.5 Å². The van der Waals surface area contributed by atoms with Crippen LogP contribution in [0.25, 0.3) is 5.65 Å². The number of nitrogen functional groups attached to an aromatic ring is 1. The number of nitrogens with one attached hydrogen (secondary N) is 1. The van der Waals surface area contributed by atoms with E-state index in [1.807, 2.05) is 29.7 Å². The highest BCUT2D eigenvalue weighted by Crippen LogP contribution is 2.40. The molecule has 4 N–H and O–H groups in total. The highest BCUT2D eigenvalue weighted by atomic mass is 35.5. The van der Waals surface area contributed by atoms with Gasteiger partial charge in [0.05, 0.1) is 6.54 Å². The van der Waals surface area contributed by atoms with Crippen LogP contribution in [0.15, 0.2) is 41.0 Å². The SMILES string of the molecule is CON=C(C(=O)N[C@@H]1C(=O)N2C(C(=O)O)=C(C[n+]3cnn4c(C)cccc43)CS[C@@H]12)c1nc(N)sc1Cl. The first-order valence-corrected chi connectivity index (χ1v) is 13.0. The second-order valence-electron chi connectivity index (χ2n) is 8.11. The first-order chi connectivity index (χ1) is 17.7. The third-order valence-corrected chi connectivity index (χ3v) is 8.28. The molecule has 2 atom stereocenters. The highest BCUT2D eigenvalue weighted by Gasteiger charge is 2.54. The van der Waals surface area contributed by atoms with Gasteiger partial charge in [-0.15, -0.1) is 11.8 Å². The molecule has 0 bridgehead atoms. The molecule has 1 saturated heterocycles. The number of nitrogens with two attached hydrogens (primary N) is 1. The number of carbonyl (C=O) groups is 3. The van der Waals surface area contributed by atoms with Crippen LogP contribution in [0.2, 0.25) is 4.34 Å². The number of oxime groups is 1. The fourth-order valence-corrected chi connectivity index (χ4v) is 6.49. The molecule has 37 heavy (non-hydrogen) atoms. The van der Waals surface area contributed by atoms with Crippen LogP contribution in [-0.2, 0) is 25.8 Å². The van der Waals surface area contributed by atoms with E-state index in [2.05, 4.69) is 20.6 Å². The average Bonchev–Trinajstić information content (AvgIpc) is 3.43. The molecule has 0 spiro atoms. The molecule has 0 unspecified atom stereocenters. The van der Waals surface area contributed by atoms with Crippen LogP contribution in [0.3, 0.4) is 0 Å². The van der Waals surface area contributed by atoms with E-state index in [-0.39, 0.29) is 33.1 Å². The lowest BCUT2D eigenvalue weighted by Gasteiger charge is -2.49. The van der Waals surface area contributed by atoms with Gasteiger partial charge in [-0.1, -0.05) is 38.7 Å². The number of halogens is 1. The summed E-state index contributed by atoms with van der Waals surface area (Å²) in [6, 6.07) is 4.71. The first kappa shape index (κ1) is 25.0. The number of aromatic nitrogens is 4. The van der Waals surface area contributed by atoms with Crippen molar-refractivity contribution >= 4 is 69.0 Å². The second-order valence-corrected chi connectivity index (χ2v) is 10.8. The number of aryl methyl sites for hydroxylation is 1. The van der Waals surface area contributed by atoms with E-state index in [1.54, 1.807) is 10.8 Å². The van der Waals surface area contributed by atoms with E-state index in [0.717, 1.165) is 22.7 Å². The van der Waals surface area contributed by atoms with Gasteiger partial charge in [0.2, 0.25) is 0 Å². The minimum Gasteiger partial charge on any atom is -0.477 e. The summed E-state index contributed by atoms with van der Waals surface area (Å²) in [6.07, 6.45) is 1.62. The van der Waals surface area contributed by atoms with Gasteiger partial charge in [0.25, 0.3) is 23.8 Å². The number of hydrogen-bond acceptors (Lipinski definition) is 10. The summed E-state index contributed by atoms with van der Waals surface area (Å²) in [5.74, 6) is -2.19. The van der Waals surface area contributed by atoms with E-state index < -0.39 is 29.2 Å². The number of thiazole rings is 1. The third kappa shape index (κ3) is 4.28. The molecule has 1 fully saturated rings. The van der Waals surface area contributed by atoms with Crippen molar-refractivity contribution in [1.29, 1.82) is 0 Å². The molecular weight excluding hydrogens is 544 g/mol. The number of carboxylic acid groups (broad SMARTS) is 1. The fraction of sp³-hybridized carbons (Fsp3) is 0.286. The lowest BCUT2D eigenvalue weighted by Crippen LogP contribution is -2.71. The molecule has 2 amide bonds.